The van der Waals surface area contributed by atoms with Crippen LogP contribution in [-0.4, -0.2) is 6.61 Å². The first kappa shape index (κ1) is 14.3. The lowest BCUT2D eigenvalue weighted by Gasteiger charge is -2.16. The molecule has 0 aliphatic rings. The van der Waals surface area contributed by atoms with Gasteiger partial charge in [0, 0.05) is 4.88 Å². The third-order valence-corrected chi connectivity index (χ3v) is 4.16. The van der Waals surface area contributed by atoms with Crippen LogP contribution in [0.2, 0.25) is 5.02 Å². The van der Waals surface area contributed by atoms with Gasteiger partial charge in [-0.25, -0.2) is 5.43 Å². The monoisotopic (exact) mass is 296 g/mol. The van der Waals surface area contributed by atoms with Gasteiger partial charge in [-0.05, 0) is 35.6 Å². The van der Waals surface area contributed by atoms with E-state index in [0.29, 0.717) is 6.61 Å². The van der Waals surface area contributed by atoms with E-state index in [0.717, 1.165) is 27.6 Å². The van der Waals surface area contributed by atoms with Crippen molar-refractivity contribution in [1.82, 2.24) is 5.43 Å². The van der Waals surface area contributed by atoms with Crippen molar-refractivity contribution in [2.45, 2.75) is 19.4 Å². The lowest BCUT2D eigenvalue weighted by Crippen LogP contribution is -2.28. The highest BCUT2D eigenvalue weighted by Gasteiger charge is 2.17. The molecule has 1 unspecified atom stereocenters. The van der Waals surface area contributed by atoms with Gasteiger partial charge in [0.2, 0.25) is 0 Å². The maximum atomic E-state index is 6.17. The summed E-state index contributed by atoms with van der Waals surface area (Å²) in [4.78, 5) is 1.01. The summed E-state index contributed by atoms with van der Waals surface area (Å²) >= 11 is 7.76. The van der Waals surface area contributed by atoms with Crippen LogP contribution in [0.15, 0.2) is 35.7 Å². The van der Waals surface area contributed by atoms with Crippen LogP contribution in [-0.2, 0) is 0 Å². The third-order valence-electron chi connectivity index (χ3n) is 2.74. The Morgan fingerprint density at radius 1 is 1.42 bits per heavy atom. The van der Waals surface area contributed by atoms with Gasteiger partial charge < -0.3 is 4.74 Å². The number of halogens is 1. The van der Waals surface area contributed by atoms with Crippen LogP contribution in [0.1, 0.15) is 29.8 Å². The molecule has 3 N–H and O–H groups in total. The van der Waals surface area contributed by atoms with Crippen LogP contribution in [0.25, 0.3) is 0 Å². The standard InChI is InChI=1S/C14H17ClN2OS/c1-2-7-18-11-5-3-4-10(9-11)13(17-16)14-12(15)6-8-19-14/h3-6,8-9,13,17H,2,7,16H2,1H3. The molecule has 0 bridgehead atoms. The molecule has 1 atom stereocenters. The largest absolute Gasteiger partial charge is 0.494 e. The zero-order chi connectivity index (χ0) is 13.7. The van der Waals surface area contributed by atoms with Crippen LogP contribution in [0.3, 0.4) is 0 Å². The first-order valence-corrected chi connectivity index (χ1v) is 7.43. The molecule has 0 fully saturated rings. The molecular weight excluding hydrogens is 280 g/mol. The molecular formula is C14H17ClN2OS. The van der Waals surface area contributed by atoms with Crippen LogP contribution < -0.4 is 16.0 Å². The van der Waals surface area contributed by atoms with Crippen molar-refractivity contribution < 1.29 is 4.74 Å². The normalized spacial score (nSPS) is 12.4. The van der Waals surface area contributed by atoms with E-state index in [1.807, 2.05) is 35.7 Å². The van der Waals surface area contributed by atoms with Gasteiger partial charge in [0.25, 0.3) is 0 Å². The van der Waals surface area contributed by atoms with Gasteiger partial charge in [-0.15, -0.1) is 11.3 Å². The van der Waals surface area contributed by atoms with Crippen molar-refractivity contribution in [1.29, 1.82) is 0 Å². The van der Waals surface area contributed by atoms with Gasteiger partial charge in [0.1, 0.15) is 5.75 Å². The summed E-state index contributed by atoms with van der Waals surface area (Å²) < 4.78 is 5.64. The Labute approximate surface area is 122 Å². The summed E-state index contributed by atoms with van der Waals surface area (Å²) in [6.07, 6.45) is 0.986. The number of hydrogen-bond acceptors (Lipinski definition) is 4. The fourth-order valence-electron chi connectivity index (χ4n) is 1.84. The van der Waals surface area contributed by atoms with Crippen LogP contribution >= 0.6 is 22.9 Å². The molecule has 0 aliphatic carbocycles. The third kappa shape index (κ3) is 3.48. The summed E-state index contributed by atoms with van der Waals surface area (Å²) in [6, 6.07) is 9.69. The molecule has 1 aromatic heterocycles. The lowest BCUT2D eigenvalue weighted by atomic mass is 10.1. The molecule has 1 heterocycles. The molecule has 0 saturated heterocycles. The number of thiophene rings is 1. The average Bonchev–Trinajstić information content (AvgIpc) is 2.84. The fourth-order valence-corrected chi connectivity index (χ4v) is 3.09. The van der Waals surface area contributed by atoms with Gasteiger partial charge >= 0.3 is 0 Å². The van der Waals surface area contributed by atoms with Gasteiger partial charge in [-0.3, -0.25) is 5.84 Å². The topological polar surface area (TPSA) is 47.3 Å². The second-order valence-electron chi connectivity index (χ2n) is 4.15. The molecule has 0 spiro atoms. The minimum Gasteiger partial charge on any atom is -0.494 e. The SMILES string of the molecule is CCCOc1cccc(C(NN)c2sccc2Cl)c1. The summed E-state index contributed by atoms with van der Waals surface area (Å²) in [5.41, 5.74) is 3.86. The van der Waals surface area contributed by atoms with Gasteiger partial charge in [-0.2, -0.15) is 0 Å². The van der Waals surface area contributed by atoms with E-state index in [1.165, 1.54) is 0 Å². The molecule has 3 nitrogen and oxygen atoms in total. The number of rotatable bonds is 6. The second kappa shape index (κ2) is 6.91. The molecule has 0 amide bonds. The van der Waals surface area contributed by atoms with E-state index < -0.39 is 0 Å². The Hall–Kier alpha value is -1.07. The van der Waals surface area contributed by atoms with Crippen molar-refractivity contribution in [2.24, 2.45) is 5.84 Å². The average molecular weight is 297 g/mol. The minimum atomic E-state index is -0.113. The molecule has 102 valence electrons. The summed E-state index contributed by atoms with van der Waals surface area (Å²) in [5.74, 6) is 6.53. The zero-order valence-electron chi connectivity index (χ0n) is 10.7. The summed E-state index contributed by atoms with van der Waals surface area (Å²) in [5, 5.41) is 2.69. The van der Waals surface area contributed by atoms with Gasteiger partial charge in [-0.1, -0.05) is 30.7 Å². The minimum absolute atomic E-state index is 0.113. The quantitative estimate of drug-likeness (QED) is 0.630. The summed E-state index contributed by atoms with van der Waals surface area (Å²) in [7, 11) is 0. The highest BCUT2D eigenvalue weighted by molar-refractivity contribution is 7.10. The second-order valence-corrected chi connectivity index (χ2v) is 5.51. The predicted octanol–water partition coefficient (Wildman–Crippen LogP) is 3.74. The first-order valence-electron chi connectivity index (χ1n) is 6.18. The Morgan fingerprint density at radius 3 is 2.89 bits per heavy atom. The Morgan fingerprint density at radius 2 is 2.26 bits per heavy atom. The lowest BCUT2D eigenvalue weighted by molar-refractivity contribution is 0.317. The Kier molecular flexibility index (Phi) is 5.22. The molecule has 2 aromatic rings. The van der Waals surface area contributed by atoms with E-state index in [9.17, 15) is 0 Å². The molecule has 0 radical (unpaired) electrons. The van der Waals surface area contributed by atoms with Crippen molar-refractivity contribution in [3.63, 3.8) is 0 Å². The number of benzene rings is 1. The number of nitrogens with two attached hydrogens (primary N) is 1. The Balaban J connectivity index is 2.26. The highest BCUT2D eigenvalue weighted by atomic mass is 35.5. The maximum absolute atomic E-state index is 6.17. The predicted molar refractivity (Wildman–Crippen MR) is 80.7 cm³/mol. The smallest absolute Gasteiger partial charge is 0.119 e. The molecule has 5 heteroatoms. The van der Waals surface area contributed by atoms with E-state index in [2.05, 4.69) is 12.3 Å². The van der Waals surface area contributed by atoms with Gasteiger partial charge in [0.15, 0.2) is 0 Å². The fraction of sp³-hybridized carbons (Fsp3) is 0.286. The number of nitrogens with one attached hydrogen (secondary N) is 1. The zero-order valence-corrected chi connectivity index (χ0v) is 12.3. The Bertz CT molecular complexity index is 530. The maximum Gasteiger partial charge on any atom is 0.119 e. The van der Waals surface area contributed by atoms with Crippen LogP contribution in [0.4, 0.5) is 0 Å². The molecule has 0 saturated carbocycles. The number of ether oxygens (including phenoxy) is 1. The highest BCUT2D eigenvalue weighted by Crippen LogP contribution is 2.33. The molecule has 2 rings (SSSR count). The van der Waals surface area contributed by atoms with E-state index in [4.69, 9.17) is 22.2 Å². The van der Waals surface area contributed by atoms with Crippen molar-refractivity contribution in [3.05, 3.63) is 51.2 Å². The molecule has 19 heavy (non-hydrogen) atoms. The van der Waals surface area contributed by atoms with E-state index >= 15 is 0 Å². The summed E-state index contributed by atoms with van der Waals surface area (Å²) in [6.45, 7) is 2.80. The van der Waals surface area contributed by atoms with Crippen molar-refractivity contribution >= 4 is 22.9 Å². The van der Waals surface area contributed by atoms with Crippen LogP contribution in [0, 0.1) is 0 Å². The van der Waals surface area contributed by atoms with Crippen LogP contribution in [0.5, 0.6) is 5.75 Å². The van der Waals surface area contributed by atoms with Crippen molar-refractivity contribution in [2.75, 3.05) is 6.61 Å². The van der Waals surface area contributed by atoms with Crippen molar-refractivity contribution in [3.8, 4) is 5.75 Å². The first-order chi connectivity index (χ1) is 9.26. The van der Waals surface area contributed by atoms with Gasteiger partial charge in [0.05, 0.1) is 17.7 Å². The molecule has 0 aliphatic heterocycles. The van der Waals surface area contributed by atoms with E-state index in [1.54, 1.807) is 11.3 Å². The number of hydrazine groups is 1. The van der Waals surface area contributed by atoms with E-state index in [-0.39, 0.29) is 6.04 Å². The number of hydrogen-bond donors (Lipinski definition) is 2. The molecule has 1 aromatic carbocycles.